The van der Waals surface area contributed by atoms with Gasteiger partial charge < -0.3 is 10.2 Å². The lowest BCUT2D eigenvalue weighted by molar-refractivity contribution is -0.139. The van der Waals surface area contributed by atoms with E-state index >= 15 is 0 Å². The van der Waals surface area contributed by atoms with Gasteiger partial charge in [-0.3, -0.25) is 13.9 Å². The number of hydrogen-bond donors (Lipinski definition) is 1. The number of nitrogens with zero attached hydrogens (tertiary/aromatic N) is 2. The molecule has 36 heavy (non-hydrogen) atoms. The molecule has 0 radical (unpaired) electrons. The van der Waals surface area contributed by atoms with Gasteiger partial charge in [0.1, 0.15) is 12.6 Å². The molecular formula is C22H23Cl3F3N3O4S. The topological polar surface area (TPSA) is 86.8 Å². The second-order valence-electron chi connectivity index (χ2n) is 7.77. The number of likely N-dealkylation sites (N-methyl/N-ethyl adjacent to an activating group) is 1. The SMILES string of the molecule is CCNC(=O)[C@H](C)N(Cc1ccc(Cl)c(Cl)c1)C(=O)CN(c1cc(C(F)(F)F)ccc1Cl)S(C)(=O)=O. The molecule has 198 valence electrons. The van der Waals surface area contributed by atoms with E-state index < -0.39 is 51.9 Å². The minimum Gasteiger partial charge on any atom is -0.355 e. The summed E-state index contributed by atoms with van der Waals surface area (Å²) in [7, 11) is -4.28. The maximum atomic E-state index is 13.4. The zero-order valence-corrected chi connectivity index (χ0v) is 22.5. The van der Waals surface area contributed by atoms with Crippen molar-refractivity contribution in [3.63, 3.8) is 0 Å². The van der Waals surface area contributed by atoms with Gasteiger partial charge in [-0.1, -0.05) is 40.9 Å². The Labute approximate surface area is 222 Å². The predicted octanol–water partition coefficient (Wildman–Crippen LogP) is 4.99. The Morgan fingerprint density at radius 1 is 1.03 bits per heavy atom. The van der Waals surface area contributed by atoms with Crippen molar-refractivity contribution < 1.29 is 31.2 Å². The first-order valence-electron chi connectivity index (χ1n) is 10.4. The minimum absolute atomic E-state index is 0.165. The molecule has 2 amide bonds. The molecule has 0 aliphatic rings. The van der Waals surface area contributed by atoms with Gasteiger partial charge >= 0.3 is 6.18 Å². The lowest BCUT2D eigenvalue weighted by Crippen LogP contribution is -2.51. The summed E-state index contributed by atoms with van der Waals surface area (Å²) in [6, 6.07) is 5.61. The Morgan fingerprint density at radius 3 is 2.17 bits per heavy atom. The van der Waals surface area contributed by atoms with Crippen LogP contribution in [0.5, 0.6) is 0 Å². The summed E-state index contributed by atoms with van der Waals surface area (Å²) in [5.74, 6) is -1.38. The largest absolute Gasteiger partial charge is 0.416 e. The minimum atomic E-state index is -4.78. The molecule has 1 N–H and O–H groups in total. The number of carbonyl (C=O) groups is 2. The molecule has 2 aromatic carbocycles. The zero-order valence-electron chi connectivity index (χ0n) is 19.4. The van der Waals surface area contributed by atoms with Gasteiger partial charge in [0, 0.05) is 13.1 Å². The summed E-state index contributed by atoms with van der Waals surface area (Å²) >= 11 is 18.0. The summed E-state index contributed by atoms with van der Waals surface area (Å²) in [4.78, 5) is 27.0. The lowest BCUT2D eigenvalue weighted by atomic mass is 10.1. The van der Waals surface area contributed by atoms with Crippen molar-refractivity contribution >= 4 is 62.3 Å². The van der Waals surface area contributed by atoms with Crippen LogP contribution in [0.4, 0.5) is 18.9 Å². The van der Waals surface area contributed by atoms with Gasteiger partial charge in [0.05, 0.1) is 32.6 Å². The van der Waals surface area contributed by atoms with E-state index in [1.165, 1.54) is 19.1 Å². The van der Waals surface area contributed by atoms with Crippen molar-refractivity contribution in [3.05, 3.63) is 62.6 Å². The molecule has 2 rings (SSSR count). The molecule has 0 unspecified atom stereocenters. The zero-order chi connectivity index (χ0) is 27.4. The van der Waals surface area contributed by atoms with E-state index in [0.29, 0.717) is 22.0 Å². The third kappa shape index (κ3) is 7.64. The monoisotopic (exact) mass is 587 g/mol. The number of carbonyl (C=O) groups excluding carboxylic acids is 2. The molecule has 0 heterocycles. The fraction of sp³-hybridized carbons (Fsp3) is 0.364. The Bertz CT molecular complexity index is 1240. The normalized spacial score (nSPS) is 12.7. The smallest absolute Gasteiger partial charge is 0.355 e. The van der Waals surface area contributed by atoms with Gasteiger partial charge in [-0.25, -0.2) is 8.42 Å². The maximum Gasteiger partial charge on any atom is 0.416 e. The Morgan fingerprint density at radius 2 is 1.64 bits per heavy atom. The molecule has 0 bridgehead atoms. The van der Waals surface area contributed by atoms with E-state index in [9.17, 15) is 31.2 Å². The number of anilines is 1. The van der Waals surface area contributed by atoms with Crippen molar-refractivity contribution in [2.45, 2.75) is 32.6 Å². The van der Waals surface area contributed by atoms with Crippen molar-refractivity contribution in [1.29, 1.82) is 0 Å². The highest BCUT2D eigenvalue weighted by Gasteiger charge is 2.34. The van der Waals surface area contributed by atoms with Crippen LogP contribution < -0.4 is 9.62 Å². The van der Waals surface area contributed by atoms with Gasteiger partial charge in [-0.2, -0.15) is 13.2 Å². The average Bonchev–Trinajstić information content (AvgIpc) is 2.76. The first kappa shape index (κ1) is 30.0. The Kier molecular flexibility index (Phi) is 9.91. The molecule has 1 atom stereocenters. The number of amides is 2. The van der Waals surface area contributed by atoms with Crippen LogP contribution in [-0.2, 0) is 32.3 Å². The molecule has 7 nitrogen and oxygen atoms in total. The molecule has 0 fully saturated rings. The molecule has 14 heteroatoms. The highest BCUT2D eigenvalue weighted by molar-refractivity contribution is 7.92. The van der Waals surface area contributed by atoms with E-state index in [1.807, 2.05) is 0 Å². The van der Waals surface area contributed by atoms with Gasteiger partial charge in [-0.15, -0.1) is 0 Å². The summed E-state index contributed by atoms with van der Waals surface area (Å²) in [5, 5.41) is 2.72. The van der Waals surface area contributed by atoms with E-state index in [4.69, 9.17) is 34.8 Å². The number of rotatable bonds is 9. The van der Waals surface area contributed by atoms with Crippen LogP contribution in [0.3, 0.4) is 0 Å². The molecule has 0 spiro atoms. The molecular weight excluding hydrogens is 566 g/mol. The fourth-order valence-electron chi connectivity index (χ4n) is 3.21. The number of nitrogens with one attached hydrogen (secondary N) is 1. The molecule has 0 aliphatic heterocycles. The Balaban J connectivity index is 2.51. The highest BCUT2D eigenvalue weighted by atomic mass is 35.5. The van der Waals surface area contributed by atoms with Crippen molar-refractivity contribution in [1.82, 2.24) is 10.2 Å². The van der Waals surface area contributed by atoms with Crippen molar-refractivity contribution in [3.8, 4) is 0 Å². The van der Waals surface area contributed by atoms with Gasteiger partial charge in [0.15, 0.2) is 0 Å². The maximum absolute atomic E-state index is 13.4. The number of sulfonamides is 1. The summed E-state index contributed by atoms with van der Waals surface area (Å²) in [6.45, 7) is 2.30. The molecule has 0 aliphatic carbocycles. The average molecular weight is 589 g/mol. The quantitative estimate of drug-likeness (QED) is 0.448. The fourth-order valence-corrected chi connectivity index (χ4v) is 4.66. The Hall–Kier alpha value is -2.21. The van der Waals surface area contributed by atoms with Crippen molar-refractivity contribution in [2.75, 3.05) is 23.7 Å². The second kappa shape index (κ2) is 11.9. The van der Waals surface area contributed by atoms with Crippen LogP contribution in [0.25, 0.3) is 0 Å². The van der Waals surface area contributed by atoms with Gasteiger partial charge in [0.2, 0.25) is 21.8 Å². The first-order valence-corrected chi connectivity index (χ1v) is 13.4. The number of alkyl halides is 3. The van der Waals surface area contributed by atoms with Crippen LogP contribution in [0.1, 0.15) is 25.0 Å². The van der Waals surface area contributed by atoms with Crippen LogP contribution >= 0.6 is 34.8 Å². The highest BCUT2D eigenvalue weighted by Crippen LogP contribution is 2.36. The number of hydrogen-bond acceptors (Lipinski definition) is 4. The van der Waals surface area contributed by atoms with E-state index in [1.54, 1.807) is 13.0 Å². The first-order chi connectivity index (χ1) is 16.6. The van der Waals surface area contributed by atoms with E-state index in [2.05, 4.69) is 5.32 Å². The van der Waals surface area contributed by atoms with E-state index in [0.717, 1.165) is 17.2 Å². The van der Waals surface area contributed by atoms with Gasteiger partial charge in [-0.05, 0) is 49.7 Å². The lowest BCUT2D eigenvalue weighted by Gasteiger charge is -2.32. The third-order valence-corrected chi connectivity index (χ3v) is 7.26. The molecule has 0 saturated heterocycles. The molecule has 0 aromatic heterocycles. The van der Waals surface area contributed by atoms with Crippen LogP contribution in [0.2, 0.25) is 15.1 Å². The van der Waals surface area contributed by atoms with Crippen LogP contribution in [0.15, 0.2) is 36.4 Å². The van der Waals surface area contributed by atoms with Gasteiger partial charge in [0.25, 0.3) is 0 Å². The number of halogens is 6. The van der Waals surface area contributed by atoms with E-state index in [-0.39, 0.29) is 28.2 Å². The molecule has 2 aromatic rings. The third-order valence-electron chi connectivity index (χ3n) is 5.08. The number of benzene rings is 2. The molecule has 0 saturated carbocycles. The summed E-state index contributed by atoms with van der Waals surface area (Å²) < 4.78 is 65.4. The second-order valence-corrected chi connectivity index (χ2v) is 10.9. The van der Waals surface area contributed by atoms with Crippen LogP contribution in [0, 0.1) is 0 Å². The standard InChI is InChI=1S/C22H23Cl3F3N3O4S/c1-4-29-21(33)13(2)30(11-14-5-7-16(23)18(25)9-14)20(32)12-31(36(3,34)35)19-10-15(22(26,27)28)6-8-17(19)24/h5-10,13H,4,11-12H2,1-3H3,(H,29,33)/t13-/m0/s1. The van der Waals surface area contributed by atoms with Crippen molar-refractivity contribution in [2.24, 2.45) is 0 Å². The summed E-state index contributed by atoms with van der Waals surface area (Å²) in [5.41, 5.74) is -1.19. The predicted molar refractivity (Wildman–Crippen MR) is 134 cm³/mol. The summed E-state index contributed by atoms with van der Waals surface area (Å²) in [6.07, 6.45) is -4.05. The van der Waals surface area contributed by atoms with Crippen LogP contribution in [-0.4, -0.2) is 50.5 Å².